The number of amides is 4. The third-order valence-electron chi connectivity index (χ3n) is 6.05. The maximum absolute atomic E-state index is 14.0. The molecule has 35 heavy (non-hydrogen) atoms. The van der Waals surface area contributed by atoms with E-state index in [4.69, 9.17) is 21.1 Å². The molecule has 2 aliphatic rings. The fraction of sp³-hybridized carbons (Fsp3) is 0.346. The summed E-state index contributed by atoms with van der Waals surface area (Å²) in [4.78, 5) is 39.3. The second-order valence-electron chi connectivity index (χ2n) is 8.43. The van der Waals surface area contributed by atoms with Crippen molar-refractivity contribution in [2.45, 2.75) is 51.7 Å². The Bertz CT molecular complexity index is 1180. The van der Waals surface area contributed by atoms with Crippen molar-refractivity contribution >= 4 is 35.5 Å². The number of halogens is 2. The first-order valence-electron chi connectivity index (χ1n) is 11.6. The molecule has 0 spiro atoms. The van der Waals surface area contributed by atoms with Crippen LogP contribution < -0.4 is 14.8 Å². The minimum atomic E-state index is -0.763. The van der Waals surface area contributed by atoms with Crippen LogP contribution >= 0.6 is 11.6 Å². The zero-order valence-corrected chi connectivity index (χ0v) is 20.1. The normalized spacial score (nSPS) is 18.1. The number of carbonyl (C=O) groups is 3. The topological polar surface area (TPSA) is 84.9 Å². The predicted molar refractivity (Wildman–Crippen MR) is 129 cm³/mol. The van der Waals surface area contributed by atoms with Crippen molar-refractivity contribution in [3.63, 3.8) is 0 Å². The summed E-state index contributed by atoms with van der Waals surface area (Å²) >= 11 is 6.46. The third kappa shape index (κ3) is 5.48. The van der Waals surface area contributed by atoms with Gasteiger partial charge in [-0.1, -0.05) is 49.1 Å². The summed E-state index contributed by atoms with van der Waals surface area (Å²) in [5.74, 6) is -1.29. The van der Waals surface area contributed by atoms with Crippen LogP contribution in [-0.2, 0) is 16.2 Å². The van der Waals surface area contributed by atoms with Crippen LogP contribution in [0, 0.1) is 5.82 Å². The number of ether oxygens (including phenoxy) is 2. The molecule has 0 unspecified atom stereocenters. The molecule has 184 valence electrons. The van der Waals surface area contributed by atoms with E-state index in [1.54, 1.807) is 31.2 Å². The zero-order chi connectivity index (χ0) is 24.9. The van der Waals surface area contributed by atoms with Crippen molar-refractivity contribution in [1.82, 2.24) is 10.2 Å². The molecule has 1 saturated carbocycles. The summed E-state index contributed by atoms with van der Waals surface area (Å²) in [6.45, 7) is 2.02. The van der Waals surface area contributed by atoms with Gasteiger partial charge in [0.1, 0.15) is 18.0 Å². The number of imide groups is 2. The Kier molecular flexibility index (Phi) is 7.70. The first-order chi connectivity index (χ1) is 16.9. The average Bonchev–Trinajstić information content (AvgIpc) is 2.83. The quantitative estimate of drug-likeness (QED) is 0.414. The van der Waals surface area contributed by atoms with Gasteiger partial charge in [0.05, 0.1) is 11.6 Å². The van der Waals surface area contributed by atoms with Crippen molar-refractivity contribution in [2.24, 2.45) is 0 Å². The largest absolute Gasteiger partial charge is 0.490 e. The van der Waals surface area contributed by atoms with E-state index >= 15 is 0 Å². The standard InChI is InChI=1S/C26H26ClFN2O5/c1-2-34-22-14-16(13-20(27)23(22)35-15-17-8-6-7-11-21(17)28)12-19-24(31)29-26(33)30(25(19)32)18-9-4-3-5-10-18/h6-8,11-14,18H,2-5,9-10,15H2,1H3,(H,29,31,33). The third-order valence-corrected chi connectivity index (χ3v) is 6.33. The minimum absolute atomic E-state index is 0.0632. The molecular formula is C26H26ClFN2O5. The van der Waals surface area contributed by atoms with Crippen LogP contribution in [0.25, 0.3) is 6.08 Å². The van der Waals surface area contributed by atoms with Gasteiger partial charge in [-0.25, -0.2) is 9.18 Å². The summed E-state index contributed by atoms with van der Waals surface area (Å²) in [5.41, 5.74) is 0.621. The number of barbiturate groups is 1. The van der Waals surface area contributed by atoms with Gasteiger partial charge < -0.3 is 9.47 Å². The maximum Gasteiger partial charge on any atom is 0.331 e. The van der Waals surface area contributed by atoms with E-state index in [-0.39, 0.29) is 34.7 Å². The lowest BCUT2D eigenvalue weighted by Crippen LogP contribution is -2.58. The number of nitrogens with one attached hydrogen (secondary N) is 1. The summed E-state index contributed by atoms with van der Waals surface area (Å²) in [6.07, 6.45) is 5.73. The van der Waals surface area contributed by atoms with Gasteiger partial charge in [0, 0.05) is 11.6 Å². The van der Waals surface area contributed by atoms with Crippen molar-refractivity contribution < 1.29 is 28.2 Å². The number of hydrogen-bond donors (Lipinski definition) is 1. The highest BCUT2D eigenvalue weighted by Crippen LogP contribution is 2.38. The molecule has 0 bridgehead atoms. The maximum atomic E-state index is 14.0. The molecule has 2 fully saturated rings. The van der Waals surface area contributed by atoms with Crippen molar-refractivity contribution in [1.29, 1.82) is 0 Å². The van der Waals surface area contributed by atoms with Gasteiger partial charge in [-0.05, 0) is 49.6 Å². The molecular weight excluding hydrogens is 475 g/mol. The summed E-state index contributed by atoms with van der Waals surface area (Å²) < 4.78 is 25.4. The Labute approximate surface area is 207 Å². The number of urea groups is 1. The van der Waals surface area contributed by atoms with Gasteiger partial charge in [-0.15, -0.1) is 0 Å². The number of rotatable bonds is 7. The van der Waals surface area contributed by atoms with E-state index in [9.17, 15) is 18.8 Å². The highest BCUT2D eigenvalue weighted by Gasteiger charge is 2.40. The highest BCUT2D eigenvalue weighted by molar-refractivity contribution is 6.33. The Morgan fingerprint density at radius 2 is 1.86 bits per heavy atom. The Morgan fingerprint density at radius 1 is 1.11 bits per heavy atom. The van der Waals surface area contributed by atoms with Crippen molar-refractivity contribution in [2.75, 3.05) is 6.61 Å². The van der Waals surface area contributed by atoms with Gasteiger partial charge in [-0.3, -0.25) is 19.8 Å². The summed E-state index contributed by atoms with van der Waals surface area (Å²) in [5, 5.41) is 2.44. The lowest BCUT2D eigenvalue weighted by atomic mass is 9.93. The van der Waals surface area contributed by atoms with E-state index in [0.717, 1.165) is 37.0 Å². The van der Waals surface area contributed by atoms with Crippen LogP contribution in [0.15, 0.2) is 42.0 Å². The molecule has 1 heterocycles. The molecule has 9 heteroatoms. The van der Waals surface area contributed by atoms with Crippen LogP contribution in [0.1, 0.15) is 50.2 Å². The zero-order valence-electron chi connectivity index (χ0n) is 19.3. The van der Waals surface area contributed by atoms with Gasteiger partial charge in [0.2, 0.25) is 0 Å². The molecule has 1 aliphatic heterocycles. The van der Waals surface area contributed by atoms with Crippen LogP contribution in [0.2, 0.25) is 5.02 Å². The molecule has 1 saturated heterocycles. The first kappa shape index (κ1) is 24.7. The average molecular weight is 501 g/mol. The monoisotopic (exact) mass is 500 g/mol. The van der Waals surface area contributed by atoms with E-state index in [1.165, 1.54) is 18.2 Å². The molecule has 0 aromatic heterocycles. The van der Waals surface area contributed by atoms with Crippen molar-refractivity contribution in [3.8, 4) is 11.5 Å². The number of carbonyl (C=O) groups excluding carboxylic acids is 3. The molecule has 4 amide bonds. The molecule has 1 N–H and O–H groups in total. The second kappa shape index (κ2) is 10.9. The molecule has 7 nitrogen and oxygen atoms in total. The van der Waals surface area contributed by atoms with E-state index in [2.05, 4.69) is 5.32 Å². The Morgan fingerprint density at radius 3 is 2.57 bits per heavy atom. The highest BCUT2D eigenvalue weighted by atomic mass is 35.5. The number of hydrogen-bond acceptors (Lipinski definition) is 5. The van der Waals surface area contributed by atoms with Crippen LogP contribution in [0.5, 0.6) is 11.5 Å². The van der Waals surface area contributed by atoms with Crippen LogP contribution in [0.3, 0.4) is 0 Å². The van der Waals surface area contributed by atoms with E-state index < -0.39 is 23.7 Å². The van der Waals surface area contributed by atoms with Gasteiger partial charge in [0.15, 0.2) is 11.5 Å². The predicted octanol–water partition coefficient (Wildman–Crippen LogP) is 5.25. The van der Waals surface area contributed by atoms with Crippen LogP contribution in [0.4, 0.5) is 9.18 Å². The molecule has 4 rings (SSSR count). The molecule has 1 aliphatic carbocycles. The molecule has 2 aromatic rings. The molecule has 2 aromatic carbocycles. The van der Waals surface area contributed by atoms with Gasteiger partial charge in [-0.2, -0.15) is 0 Å². The van der Waals surface area contributed by atoms with E-state index in [1.807, 2.05) is 0 Å². The van der Waals surface area contributed by atoms with Crippen LogP contribution in [-0.4, -0.2) is 35.4 Å². The Balaban J connectivity index is 1.62. The SMILES string of the molecule is CCOc1cc(C=C2C(=O)NC(=O)N(C3CCCCC3)C2=O)cc(Cl)c1OCc1ccccc1F. The summed E-state index contributed by atoms with van der Waals surface area (Å²) in [6, 6.07) is 8.43. The minimum Gasteiger partial charge on any atom is -0.490 e. The van der Waals surface area contributed by atoms with Crippen molar-refractivity contribution in [3.05, 3.63) is 63.9 Å². The summed E-state index contributed by atoms with van der Waals surface area (Å²) in [7, 11) is 0. The number of benzene rings is 2. The van der Waals surface area contributed by atoms with Gasteiger partial charge >= 0.3 is 6.03 Å². The lowest BCUT2D eigenvalue weighted by molar-refractivity contribution is -0.132. The lowest BCUT2D eigenvalue weighted by Gasteiger charge is -2.35. The number of nitrogens with zero attached hydrogens (tertiary/aromatic N) is 1. The fourth-order valence-electron chi connectivity index (χ4n) is 4.35. The molecule has 0 radical (unpaired) electrons. The van der Waals surface area contributed by atoms with E-state index in [0.29, 0.717) is 17.7 Å². The van der Waals surface area contributed by atoms with Gasteiger partial charge in [0.25, 0.3) is 11.8 Å². The fourth-order valence-corrected chi connectivity index (χ4v) is 4.62. The Hall–Kier alpha value is -3.39. The second-order valence-corrected chi connectivity index (χ2v) is 8.83. The molecule has 0 atom stereocenters. The first-order valence-corrected chi connectivity index (χ1v) is 12.0. The smallest absolute Gasteiger partial charge is 0.331 e.